The van der Waals surface area contributed by atoms with Crippen molar-refractivity contribution in [1.82, 2.24) is 9.66 Å². The summed E-state index contributed by atoms with van der Waals surface area (Å²) in [4.78, 5) is 29.2. The van der Waals surface area contributed by atoms with Crippen LogP contribution in [-0.2, 0) is 12.0 Å². The van der Waals surface area contributed by atoms with E-state index in [1.54, 1.807) is 36.4 Å². The number of ether oxygens (including phenoxy) is 1. The summed E-state index contributed by atoms with van der Waals surface area (Å²) in [5.41, 5.74) is 0.230. The van der Waals surface area contributed by atoms with E-state index in [0.717, 1.165) is 4.47 Å². The smallest absolute Gasteiger partial charge is 0.313 e. The second-order valence-corrected chi connectivity index (χ2v) is 11.5. The average molecular weight is 639 g/mol. The molecule has 0 amide bonds. The molecule has 8 nitrogen and oxygen atoms in total. The van der Waals surface area contributed by atoms with E-state index in [1.165, 1.54) is 23.0 Å². The molecule has 0 aliphatic heterocycles. The normalized spacial score (nSPS) is 11.9. The summed E-state index contributed by atoms with van der Waals surface area (Å²) in [5, 5.41) is 17.3. The van der Waals surface area contributed by atoms with Gasteiger partial charge in [-0.2, -0.15) is 9.78 Å². The molecule has 196 valence electrons. The van der Waals surface area contributed by atoms with Crippen LogP contribution in [0.25, 0.3) is 10.9 Å². The summed E-state index contributed by atoms with van der Waals surface area (Å²) in [6.07, 6.45) is 1.32. The van der Waals surface area contributed by atoms with Gasteiger partial charge in [0, 0.05) is 21.5 Å². The molecular weight excluding hydrogens is 619 g/mol. The Morgan fingerprint density at radius 3 is 2.47 bits per heavy atom. The molecule has 0 N–H and O–H groups in total. The Balaban J connectivity index is 1.74. The molecule has 0 atom stereocenters. The predicted molar refractivity (Wildman–Crippen MR) is 154 cm³/mol. The number of rotatable bonds is 6. The lowest BCUT2D eigenvalue weighted by Crippen LogP contribution is -2.29. The first-order valence-corrected chi connectivity index (χ1v) is 13.1. The molecule has 12 heteroatoms. The van der Waals surface area contributed by atoms with E-state index in [4.69, 9.17) is 39.5 Å². The highest BCUT2D eigenvalue weighted by molar-refractivity contribution is 9.10. The van der Waals surface area contributed by atoms with Crippen molar-refractivity contribution in [3.63, 3.8) is 0 Å². The van der Waals surface area contributed by atoms with Gasteiger partial charge in [0.15, 0.2) is 0 Å². The molecule has 0 aliphatic carbocycles. The summed E-state index contributed by atoms with van der Waals surface area (Å²) in [5.74, 6) is 0.320. The van der Waals surface area contributed by atoms with Crippen LogP contribution in [0.2, 0.25) is 15.1 Å². The van der Waals surface area contributed by atoms with Crippen LogP contribution in [-0.4, -0.2) is 20.8 Å². The first kappa shape index (κ1) is 28.0. The minimum absolute atomic E-state index is 0.00432. The first-order chi connectivity index (χ1) is 17.8. The van der Waals surface area contributed by atoms with E-state index in [-0.39, 0.29) is 28.6 Å². The van der Waals surface area contributed by atoms with Gasteiger partial charge >= 0.3 is 5.69 Å². The van der Waals surface area contributed by atoms with Gasteiger partial charge in [0.25, 0.3) is 5.56 Å². The topological polar surface area (TPSA) is 99.6 Å². The van der Waals surface area contributed by atoms with Gasteiger partial charge in [-0.05, 0) is 42.0 Å². The Morgan fingerprint density at radius 1 is 1.08 bits per heavy atom. The Kier molecular flexibility index (Phi) is 8.13. The van der Waals surface area contributed by atoms with Crippen molar-refractivity contribution in [2.24, 2.45) is 5.10 Å². The second-order valence-electron chi connectivity index (χ2n) is 9.35. The molecule has 4 aromatic rings. The molecule has 0 bridgehead atoms. The van der Waals surface area contributed by atoms with E-state index in [9.17, 15) is 14.9 Å². The van der Waals surface area contributed by atoms with Crippen molar-refractivity contribution < 1.29 is 9.66 Å². The van der Waals surface area contributed by atoms with Crippen LogP contribution in [0, 0.1) is 10.1 Å². The highest BCUT2D eigenvalue weighted by Crippen LogP contribution is 2.37. The standard InChI is InChI=1S/C26H20BrCl3N4O4/c1-26(2,3)25-32-21-7-5-16(27)11-17(21)24(35)33(25)31-12-15-9-20(30)23(22(10-15)34(36)37)38-13-14-4-6-18(28)19(29)8-14/h4-12H,13H2,1-3H3. The summed E-state index contributed by atoms with van der Waals surface area (Å²) < 4.78 is 7.60. The van der Waals surface area contributed by atoms with E-state index in [1.807, 2.05) is 20.8 Å². The number of benzene rings is 3. The zero-order valence-electron chi connectivity index (χ0n) is 20.3. The third-order valence-electron chi connectivity index (χ3n) is 5.41. The van der Waals surface area contributed by atoms with Crippen molar-refractivity contribution in [2.75, 3.05) is 0 Å². The molecule has 1 heterocycles. The number of hydrogen-bond donors (Lipinski definition) is 0. The molecule has 0 unspecified atom stereocenters. The quantitative estimate of drug-likeness (QED) is 0.122. The van der Waals surface area contributed by atoms with Gasteiger partial charge in [0.1, 0.15) is 12.4 Å². The zero-order valence-corrected chi connectivity index (χ0v) is 24.2. The lowest BCUT2D eigenvalue weighted by molar-refractivity contribution is -0.385. The average Bonchev–Trinajstić information content (AvgIpc) is 2.84. The Bertz CT molecular complexity index is 1670. The number of fused-ring (bicyclic) bond motifs is 1. The minimum Gasteiger partial charge on any atom is -0.481 e. The number of nitrogens with zero attached hydrogens (tertiary/aromatic N) is 4. The largest absolute Gasteiger partial charge is 0.481 e. The van der Waals surface area contributed by atoms with Crippen molar-refractivity contribution >= 4 is 73.5 Å². The van der Waals surface area contributed by atoms with Gasteiger partial charge in [-0.1, -0.05) is 77.6 Å². The molecule has 0 saturated carbocycles. The van der Waals surface area contributed by atoms with Crippen LogP contribution in [0.1, 0.15) is 37.7 Å². The first-order valence-electron chi connectivity index (χ1n) is 11.2. The van der Waals surface area contributed by atoms with Gasteiger partial charge in [0.05, 0.1) is 37.1 Å². The van der Waals surface area contributed by atoms with Gasteiger partial charge in [-0.3, -0.25) is 14.9 Å². The number of aromatic nitrogens is 2. The highest BCUT2D eigenvalue weighted by atomic mass is 79.9. The SMILES string of the molecule is CC(C)(C)c1nc2ccc(Br)cc2c(=O)n1N=Cc1cc(Cl)c(OCc2ccc(Cl)c(Cl)c2)c([N+](=O)[O-])c1. The summed E-state index contributed by atoms with van der Waals surface area (Å²) in [7, 11) is 0. The van der Waals surface area contributed by atoms with E-state index < -0.39 is 10.3 Å². The molecule has 0 radical (unpaired) electrons. The van der Waals surface area contributed by atoms with Crippen molar-refractivity contribution in [3.05, 3.63) is 105 Å². The maximum Gasteiger partial charge on any atom is 0.313 e. The Hall–Kier alpha value is -2.98. The van der Waals surface area contributed by atoms with Gasteiger partial charge in [0.2, 0.25) is 5.75 Å². The van der Waals surface area contributed by atoms with Crippen LogP contribution in [0.15, 0.2) is 62.9 Å². The van der Waals surface area contributed by atoms with Crippen LogP contribution in [0.5, 0.6) is 5.75 Å². The van der Waals surface area contributed by atoms with Crippen molar-refractivity contribution in [2.45, 2.75) is 32.8 Å². The summed E-state index contributed by atoms with van der Waals surface area (Å²) >= 11 is 21.7. The number of nitro benzene ring substituents is 1. The summed E-state index contributed by atoms with van der Waals surface area (Å²) in [6.45, 7) is 5.71. The van der Waals surface area contributed by atoms with E-state index in [0.29, 0.717) is 37.9 Å². The maximum atomic E-state index is 13.3. The predicted octanol–water partition coefficient (Wildman–Crippen LogP) is 7.79. The molecule has 4 rings (SSSR count). The van der Waals surface area contributed by atoms with Crippen molar-refractivity contribution in [1.29, 1.82) is 0 Å². The fraction of sp³-hybridized carbons (Fsp3) is 0.192. The van der Waals surface area contributed by atoms with Gasteiger partial charge < -0.3 is 4.74 Å². The lowest BCUT2D eigenvalue weighted by Gasteiger charge is -2.20. The highest BCUT2D eigenvalue weighted by Gasteiger charge is 2.24. The maximum absolute atomic E-state index is 13.3. The van der Waals surface area contributed by atoms with Crippen LogP contribution >= 0.6 is 50.7 Å². The number of halogens is 4. The molecule has 1 aromatic heterocycles. The monoisotopic (exact) mass is 636 g/mol. The number of nitro groups is 1. The Morgan fingerprint density at radius 2 is 1.82 bits per heavy atom. The second kappa shape index (κ2) is 11.0. The fourth-order valence-corrected chi connectivity index (χ4v) is 4.56. The molecule has 0 saturated heterocycles. The molecule has 3 aromatic carbocycles. The van der Waals surface area contributed by atoms with E-state index in [2.05, 4.69) is 26.0 Å². The van der Waals surface area contributed by atoms with Crippen LogP contribution in [0.3, 0.4) is 0 Å². The fourth-order valence-electron chi connectivity index (χ4n) is 3.60. The molecule has 0 aliphatic rings. The molecule has 38 heavy (non-hydrogen) atoms. The van der Waals surface area contributed by atoms with Crippen LogP contribution in [0.4, 0.5) is 5.69 Å². The lowest BCUT2D eigenvalue weighted by atomic mass is 9.95. The Labute approximate surface area is 241 Å². The molecular formula is C26H20BrCl3N4O4. The van der Waals surface area contributed by atoms with Gasteiger partial charge in [-0.15, -0.1) is 0 Å². The van der Waals surface area contributed by atoms with Crippen LogP contribution < -0.4 is 10.3 Å². The molecule has 0 fully saturated rings. The summed E-state index contributed by atoms with van der Waals surface area (Å²) in [6, 6.07) is 12.9. The minimum atomic E-state index is -0.602. The number of hydrogen-bond acceptors (Lipinski definition) is 6. The van der Waals surface area contributed by atoms with Crippen molar-refractivity contribution in [3.8, 4) is 5.75 Å². The third-order valence-corrected chi connectivity index (χ3v) is 6.92. The zero-order chi connectivity index (χ0) is 27.8. The third kappa shape index (κ3) is 6.02. The van der Waals surface area contributed by atoms with E-state index >= 15 is 0 Å². The van der Waals surface area contributed by atoms with Gasteiger partial charge in [-0.25, -0.2) is 4.98 Å². The molecule has 0 spiro atoms.